The van der Waals surface area contributed by atoms with Gasteiger partial charge in [-0.3, -0.25) is 4.79 Å². The molecule has 1 aromatic carbocycles. The number of amides is 1. The minimum atomic E-state index is -0.206. The summed E-state index contributed by atoms with van der Waals surface area (Å²) in [5.41, 5.74) is 2.15. The van der Waals surface area contributed by atoms with Gasteiger partial charge in [-0.2, -0.15) is 0 Å². The van der Waals surface area contributed by atoms with Gasteiger partial charge in [-0.15, -0.1) is 0 Å². The fourth-order valence-electron chi connectivity index (χ4n) is 1.85. The Bertz CT molecular complexity index is 437. The summed E-state index contributed by atoms with van der Waals surface area (Å²) in [6.07, 6.45) is 0. The summed E-state index contributed by atoms with van der Waals surface area (Å²) < 4.78 is 0. The molecule has 0 bridgehead atoms. The second-order valence-electron chi connectivity index (χ2n) is 5.90. The van der Waals surface area contributed by atoms with E-state index in [1.807, 2.05) is 24.3 Å². The molecule has 0 fully saturated rings. The van der Waals surface area contributed by atoms with Crippen LogP contribution >= 0.6 is 0 Å². The first kappa shape index (κ1) is 12.7. The molecule has 4 heteroatoms. The van der Waals surface area contributed by atoms with Gasteiger partial charge < -0.3 is 16.0 Å². The van der Waals surface area contributed by atoms with Crippen molar-refractivity contribution in [2.24, 2.45) is 5.41 Å². The summed E-state index contributed by atoms with van der Waals surface area (Å²) in [6, 6.07) is 7.72. The van der Waals surface area contributed by atoms with Gasteiger partial charge in [0, 0.05) is 13.1 Å². The normalized spacial score (nSPS) is 18.3. The molecule has 0 saturated carbocycles. The average molecular weight is 247 g/mol. The Morgan fingerprint density at radius 3 is 2.67 bits per heavy atom. The van der Waals surface area contributed by atoms with Crippen molar-refractivity contribution < 1.29 is 4.79 Å². The lowest BCUT2D eigenvalue weighted by molar-refractivity contribution is -0.122. The fraction of sp³-hybridized carbons (Fsp3) is 0.500. The Kier molecular flexibility index (Phi) is 3.45. The number of para-hydroxylation sites is 2. The predicted octanol–water partition coefficient (Wildman–Crippen LogP) is 2.05. The van der Waals surface area contributed by atoms with Crippen molar-refractivity contribution in [1.82, 2.24) is 5.32 Å². The van der Waals surface area contributed by atoms with Gasteiger partial charge in [-0.25, -0.2) is 0 Å². The minimum absolute atomic E-state index is 0.0481. The topological polar surface area (TPSA) is 53.2 Å². The molecule has 0 saturated heterocycles. The molecule has 1 heterocycles. The fourth-order valence-corrected chi connectivity index (χ4v) is 1.85. The zero-order valence-electron chi connectivity index (χ0n) is 11.2. The van der Waals surface area contributed by atoms with E-state index in [1.54, 1.807) is 0 Å². The molecule has 1 aliphatic rings. The number of fused-ring (bicyclic) bond motifs is 1. The van der Waals surface area contributed by atoms with Gasteiger partial charge in [0.15, 0.2) is 0 Å². The molecule has 3 N–H and O–H groups in total. The average Bonchev–Trinajstić information content (AvgIpc) is 2.34. The molecule has 4 nitrogen and oxygen atoms in total. The van der Waals surface area contributed by atoms with E-state index >= 15 is 0 Å². The summed E-state index contributed by atoms with van der Waals surface area (Å²) in [7, 11) is 0. The molecule has 0 aromatic heterocycles. The molecule has 1 atom stereocenters. The molecule has 0 aliphatic carbocycles. The van der Waals surface area contributed by atoms with E-state index in [9.17, 15) is 4.79 Å². The number of hydrogen-bond acceptors (Lipinski definition) is 3. The number of carbonyl (C=O) groups excluding carboxylic acids is 1. The number of rotatable bonds is 2. The summed E-state index contributed by atoms with van der Waals surface area (Å²) >= 11 is 0. The summed E-state index contributed by atoms with van der Waals surface area (Å²) in [6.45, 7) is 7.62. The Labute approximate surface area is 108 Å². The van der Waals surface area contributed by atoms with Gasteiger partial charge in [-0.05, 0) is 17.5 Å². The summed E-state index contributed by atoms with van der Waals surface area (Å²) in [4.78, 5) is 12.0. The maximum absolute atomic E-state index is 12.0. The third-order valence-corrected chi connectivity index (χ3v) is 2.86. The maximum Gasteiger partial charge on any atom is 0.244 e. The van der Waals surface area contributed by atoms with Crippen molar-refractivity contribution in [3.05, 3.63) is 24.3 Å². The van der Waals surface area contributed by atoms with Crippen LogP contribution in [0.3, 0.4) is 0 Å². The van der Waals surface area contributed by atoms with Crippen molar-refractivity contribution in [3.63, 3.8) is 0 Å². The Morgan fingerprint density at radius 1 is 1.33 bits per heavy atom. The number of anilines is 2. The van der Waals surface area contributed by atoms with Crippen molar-refractivity contribution in [2.45, 2.75) is 26.8 Å². The number of nitrogens with one attached hydrogen (secondary N) is 3. The molecular weight excluding hydrogens is 226 g/mol. The first-order valence-corrected chi connectivity index (χ1v) is 6.33. The van der Waals surface area contributed by atoms with Gasteiger partial charge in [-0.1, -0.05) is 32.9 Å². The van der Waals surface area contributed by atoms with Crippen LogP contribution in [-0.2, 0) is 4.79 Å². The Morgan fingerprint density at radius 2 is 2.00 bits per heavy atom. The number of carbonyl (C=O) groups is 1. The van der Waals surface area contributed by atoms with Crippen molar-refractivity contribution in [1.29, 1.82) is 0 Å². The first-order valence-electron chi connectivity index (χ1n) is 6.33. The lowest BCUT2D eigenvalue weighted by Gasteiger charge is -2.28. The molecule has 2 rings (SSSR count). The number of benzene rings is 1. The lowest BCUT2D eigenvalue weighted by atomic mass is 9.97. The largest absolute Gasteiger partial charge is 0.381 e. The molecule has 1 aliphatic heterocycles. The lowest BCUT2D eigenvalue weighted by Crippen LogP contribution is -2.47. The second-order valence-corrected chi connectivity index (χ2v) is 5.90. The van der Waals surface area contributed by atoms with E-state index in [-0.39, 0.29) is 17.4 Å². The second kappa shape index (κ2) is 4.88. The van der Waals surface area contributed by atoms with Crippen molar-refractivity contribution in [3.8, 4) is 0 Å². The van der Waals surface area contributed by atoms with Crippen LogP contribution in [0.5, 0.6) is 0 Å². The zero-order valence-corrected chi connectivity index (χ0v) is 11.2. The zero-order chi connectivity index (χ0) is 13.2. The van der Waals surface area contributed by atoms with Gasteiger partial charge in [0.05, 0.1) is 11.4 Å². The molecule has 1 unspecified atom stereocenters. The van der Waals surface area contributed by atoms with E-state index in [2.05, 4.69) is 36.7 Å². The van der Waals surface area contributed by atoms with Gasteiger partial charge in [0.1, 0.15) is 6.04 Å². The maximum atomic E-state index is 12.0. The summed E-state index contributed by atoms with van der Waals surface area (Å²) in [5.74, 6) is 0.0481. The van der Waals surface area contributed by atoms with Crippen LogP contribution in [0.15, 0.2) is 24.3 Å². The van der Waals surface area contributed by atoms with Gasteiger partial charge in [0.2, 0.25) is 5.91 Å². The van der Waals surface area contributed by atoms with Crippen molar-refractivity contribution in [2.75, 3.05) is 23.7 Å². The van der Waals surface area contributed by atoms with Gasteiger partial charge >= 0.3 is 0 Å². The van der Waals surface area contributed by atoms with Crippen LogP contribution in [0.25, 0.3) is 0 Å². The van der Waals surface area contributed by atoms with E-state index in [0.29, 0.717) is 13.1 Å². The highest BCUT2D eigenvalue weighted by atomic mass is 16.2. The molecule has 0 spiro atoms. The Hall–Kier alpha value is -1.71. The van der Waals surface area contributed by atoms with E-state index < -0.39 is 0 Å². The molecule has 0 radical (unpaired) electrons. The van der Waals surface area contributed by atoms with E-state index in [4.69, 9.17) is 0 Å². The third-order valence-electron chi connectivity index (χ3n) is 2.86. The van der Waals surface area contributed by atoms with Crippen LogP contribution in [0.4, 0.5) is 11.4 Å². The van der Waals surface area contributed by atoms with Crippen LogP contribution < -0.4 is 16.0 Å². The predicted molar refractivity (Wildman–Crippen MR) is 74.8 cm³/mol. The number of hydrogen-bond donors (Lipinski definition) is 3. The van der Waals surface area contributed by atoms with E-state index in [0.717, 1.165) is 11.4 Å². The van der Waals surface area contributed by atoms with Crippen molar-refractivity contribution >= 4 is 17.3 Å². The third kappa shape index (κ3) is 3.15. The smallest absolute Gasteiger partial charge is 0.244 e. The molecular formula is C14H21N3O. The Balaban J connectivity index is 1.95. The highest BCUT2D eigenvalue weighted by Crippen LogP contribution is 2.25. The highest BCUT2D eigenvalue weighted by molar-refractivity contribution is 5.88. The van der Waals surface area contributed by atoms with Crippen LogP contribution in [-0.4, -0.2) is 25.0 Å². The van der Waals surface area contributed by atoms with Crippen LogP contribution in [0.2, 0.25) is 0 Å². The first-order chi connectivity index (χ1) is 8.46. The van der Waals surface area contributed by atoms with Crippen LogP contribution in [0, 0.1) is 5.41 Å². The minimum Gasteiger partial charge on any atom is -0.381 e. The molecule has 1 amide bonds. The summed E-state index contributed by atoms with van der Waals surface area (Å²) in [5, 5.41) is 9.51. The van der Waals surface area contributed by atoms with E-state index in [1.165, 1.54) is 0 Å². The standard InChI is InChI=1S/C14H21N3O/c1-14(2,3)9-16-13(18)12-8-15-10-6-4-5-7-11(10)17-12/h4-7,12,15,17H,8-9H2,1-3H3,(H,16,18). The molecule has 1 aromatic rings. The SMILES string of the molecule is CC(C)(C)CNC(=O)C1CNc2ccccc2N1. The highest BCUT2D eigenvalue weighted by Gasteiger charge is 2.24. The van der Waals surface area contributed by atoms with Crippen LogP contribution in [0.1, 0.15) is 20.8 Å². The molecule has 98 valence electrons. The quantitative estimate of drug-likeness (QED) is 0.749. The molecule has 18 heavy (non-hydrogen) atoms. The monoisotopic (exact) mass is 247 g/mol. The van der Waals surface area contributed by atoms with Gasteiger partial charge in [0.25, 0.3) is 0 Å².